The highest BCUT2D eigenvalue weighted by Gasteiger charge is 2.62. The number of nitrogens with one attached hydrogen (secondary N) is 3. The Balaban J connectivity index is 1.34. The summed E-state index contributed by atoms with van der Waals surface area (Å²) in [5, 5.41) is 5.87. The zero-order chi connectivity index (χ0) is 42.2. The van der Waals surface area contributed by atoms with Crippen molar-refractivity contribution >= 4 is 44.6 Å². The third-order valence-electron chi connectivity index (χ3n) is 11.4. The molecule has 3 heterocycles. The van der Waals surface area contributed by atoms with E-state index in [0.29, 0.717) is 63.7 Å². The number of aromatic nitrogens is 1. The number of nitrogens with zero attached hydrogens (tertiary/aromatic N) is 2. The maximum absolute atomic E-state index is 14.7. The number of amides is 4. The van der Waals surface area contributed by atoms with E-state index < -0.39 is 86.4 Å². The first-order valence-electron chi connectivity index (χ1n) is 19.8. The van der Waals surface area contributed by atoms with Gasteiger partial charge in [0.25, 0.3) is 5.91 Å². The predicted octanol–water partition coefficient (Wildman–Crippen LogP) is 5.30. The zero-order valence-corrected chi connectivity index (χ0v) is 34.1. The SMILES string of the molecule is CCCOc1ccc2c(O[C@@H]3C[C@H]4C(=O)N[C@]5(C(=O)NS(=O)(=O)C6CC6)C[C@H]5/C=C\CC[C@H](C)C[C@@H](C)C(NC(=O)OC(C)(C)C(F)(F)F)C(=O)N4C3)nccc2c1. The van der Waals surface area contributed by atoms with E-state index in [4.69, 9.17) is 14.2 Å². The van der Waals surface area contributed by atoms with Crippen molar-refractivity contribution in [2.45, 2.75) is 127 Å². The molecule has 0 spiro atoms. The number of rotatable bonds is 10. The van der Waals surface area contributed by atoms with Gasteiger partial charge in [0.15, 0.2) is 0 Å². The number of fused-ring (bicyclic) bond motifs is 3. The number of benzene rings is 1. The van der Waals surface area contributed by atoms with Crippen LogP contribution < -0.4 is 24.8 Å². The molecule has 18 heteroatoms. The van der Waals surface area contributed by atoms with Crippen LogP contribution in [-0.4, -0.2) is 96.0 Å². The van der Waals surface area contributed by atoms with Gasteiger partial charge in [-0.05, 0) is 100 Å². The molecular formula is C40H52F3N5O9S. The van der Waals surface area contributed by atoms with E-state index in [2.05, 4.69) is 20.3 Å². The van der Waals surface area contributed by atoms with E-state index in [9.17, 15) is 40.8 Å². The monoisotopic (exact) mass is 835 g/mol. The number of ether oxygens (including phenoxy) is 3. The van der Waals surface area contributed by atoms with Gasteiger partial charge in [-0.1, -0.05) is 32.9 Å². The molecule has 2 aromatic rings. The number of alkyl carbamates (subject to hydrolysis) is 1. The van der Waals surface area contributed by atoms with Gasteiger partial charge >= 0.3 is 12.3 Å². The highest BCUT2D eigenvalue weighted by molar-refractivity contribution is 7.91. The summed E-state index contributed by atoms with van der Waals surface area (Å²) in [4.78, 5) is 61.7. The molecule has 4 amide bonds. The standard InChI is InChI=1S/C40H52F3N5O9S/c1-6-17-55-27-11-14-30-25(19-27)15-16-44-34(30)56-28-20-31-33(49)46-39(36(51)47-58(53,54)29-12-13-29)21-26(39)10-8-7-9-23(2)18-24(3)32(35(50)48(31)22-28)45-37(52)57-38(4,5)40(41,42)43/h8,10-11,14-16,19,23-24,26,28-29,31-32H,6-7,9,12-13,17-18,20-22H2,1-5H3,(H,45,52)(H,46,49)(H,47,51)/b10-8-/t23-,24+,26+,28+,31-,32?,39+/m0/s1. The normalized spacial score (nSPS) is 28.9. The lowest BCUT2D eigenvalue weighted by Crippen LogP contribution is -2.59. The number of alkyl halides is 3. The second kappa shape index (κ2) is 16.6. The van der Waals surface area contributed by atoms with Crippen molar-refractivity contribution < 1.29 is 55.0 Å². The van der Waals surface area contributed by atoms with Crippen molar-refractivity contribution in [2.24, 2.45) is 17.8 Å². The lowest BCUT2D eigenvalue weighted by Gasteiger charge is -2.34. The molecule has 1 aromatic heterocycles. The lowest BCUT2D eigenvalue weighted by atomic mass is 9.88. The van der Waals surface area contributed by atoms with E-state index >= 15 is 0 Å². The molecular weight excluding hydrogens is 784 g/mol. The van der Waals surface area contributed by atoms with Crippen molar-refractivity contribution in [1.82, 2.24) is 25.2 Å². The number of pyridine rings is 1. The first kappa shape index (κ1) is 43.0. The number of allylic oxidation sites excluding steroid dienone is 1. The number of carbonyl (C=O) groups excluding carboxylic acids is 4. The Labute approximate surface area is 336 Å². The van der Waals surface area contributed by atoms with Crippen molar-refractivity contribution in [3.8, 4) is 11.6 Å². The van der Waals surface area contributed by atoms with Crippen LogP contribution in [0.2, 0.25) is 0 Å². The molecule has 4 aliphatic rings. The predicted molar refractivity (Wildman–Crippen MR) is 206 cm³/mol. The first-order chi connectivity index (χ1) is 27.2. The van der Waals surface area contributed by atoms with Crippen LogP contribution in [0.15, 0.2) is 42.6 Å². The van der Waals surface area contributed by atoms with Crippen LogP contribution in [0, 0.1) is 17.8 Å². The number of halogens is 3. The highest BCUT2D eigenvalue weighted by atomic mass is 32.2. The average molecular weight is 836 g/mol. The van der Waals surface area contributed by atoms with Gasteiger partial charge in [0.05, 0.1) is 18.4 Å². The summed E-state index contributed by atoms with van der Waals surface area (Å²) >= 11 is 0. The Morgan fingerprint density at radius 3 is 2.52 bits per heavy atom. The van der Waals surface area contributed by atoms with Gasteiger partial charge in [0.2, 0.25) is 33.3 Å². The van der Waals surface area contributed by atoms with Crippen molar-refractivity contribution in [2.75, 3.05) is 13.2 Å². The molecule has 7 atom stereocenters. The molecule has 1 aromatic carbocycles. The van der Waals surface area contributed by atoms with Crippen molar-refractivity contribution in [1.29, 1.82) is 0 Å². The topological polar surface area (TPSA) is 182 Å². The van der Waals surface area contributed by atoms with Crippen LogP contribution >= 0.6 is 0 Å². The molecule has 0 bridgehead atoms. The molecule has 318 valence electrons. The fraction of sp³-hybridized carbons (Fsp3) is 0.625. The molecule has 1 unspecified atom stereocenters. The molecule has 14 nitrogen and oxygen atoms in total. The fourth-order valence-electron chi connectivity index (χ4n) is 7.63. The minimum absolute atomic E-state index is 0.0315. The first-order valence-corrected chi connectivity index (χ1v) is 21.4. The Hall–Kier alpha value is -4.61. The summed E-state index contributed by atoms with van der Waals surface area (Å²) in [6.45, 7) is 7.34. The minimum Gasteiger partial charge on any atom is -0.494 e. The number of hydrogen-bond acceptors (Lipinski definition) is 10. The third kappa shape index (κ3) is 9.47. The number of sulfonamides is 1. The molecule has 58 heavy (non-hydrogen) atoms. The summed E-state index contributed by atoms with van der Waals surface area (Å²) in [7, 11) is -3.98. The van der Waals surface area contributed by atoms with Crippen LogP contribution in [-0.2, 0) is 29.1 Å². The molecule has 0 radical (unpaired) electrons. The van der Waals surface area contributed by atoms with Gasteiger partial charge in [-0.15, -0.1) is 0 Å². The molecule has 3 N–H and O–H groups in total. The maximum atomic E-state index is 14.7. The summed E-state index contributed by atoms with van der Waals surface area (Å²) in [5.41, 5.74) is -4.50. The Kier molecular flexibility index (Phi) is 12.3. The summed E-state index contributed by atoms with van der Waals surface area (Å²) in [6, 6.07) is 4.43. The molecule has 6 rings (SSSR count). The van der Waals surface area contributed by atoms with E-state index in [1.165, 1.54) is 4.90 Å². The maximum Gasteiger partial charge on any atom is 0.427 e. The van der Waals surface area contributed by atoms with Gasteiger partial charge in [-0.25, -0.2) is 18.2 Å². The minimum atomic E-state index is -4.91. The third-order valence-corrected chi connectivity index (χ3v) is 13.2. The number of carbonyl (C=O) groups is 4. The largest absolute Gasteiger partial charge is 0.494 e. The van der Waals surface area contributed by atoms with Gasteiger partial charge in [-0.3, -0.25) is 19.1 Å². The quantitative estimate of drug-likeness (QED) is 0.266. The molecule has 3 fully saturated rings. The number of hydrogen-bond donors (Lipinski definition) is 3. The molecule has 2 saturated carbocycles. The second-order valence-electron chi connectivity index (χ2n) is 16.6. The summed E-state index contributed by atoms with van der Waals surface area (Å²) in [6.07, 6.45) is 1.16. The Morgan fingerprint density at radius 2 is 1.83 bits per heavy atom. The van der Waals surface area contributed by atoms with Crippen LogP contribution in [0.1, 0.15) is 86.0 Å². The zero-order valence-electron chi connectivity index (χ0n) is 33.3. The van der Waals surface area contributed by atoms with Crippen molar-refractivity contribution in [3.05, 3.63) is 42.6 Å². The lowest BCUT2D eigenvalue weighted by molar-refractivity contribution is -0.244. The summed E-state index contributed by atoms with van der Waals surface area (Å²) < 4.78 is 86.1. The molecule has 2 aliphatic heterocycles. The van der Waals surface area contributed by atoms with E-state index in [0.717, 1.165) is 11.8 Å². The average Bonchev–Trinajstić information content (AvgIpc) is 4.07. The Morgan fingerprint density at radius 1 is 1.09 bits per heavy atom. The van der Waals surface area contributed by atoms with E-state index in [1.54, 1.807) is 37.4 Å². The molecule has 2 aliphatic carbocycles. The van der Waals surface area contributed by atoms with Crippen LogP contribution in [0.3, 0.4) is 0 Å². The second-order valence-corrected chi connectivity index (χ2v) is 18.6. The molecule has 1 saturated heterocycles. The van der Waals surface area contributed by atoms with Gasteiger partial charge in [0, 0.05) is 23.9 Å². The van der Waals surface area contributed by atoms with Gasteiger partial charge in [-0.2, -0.15) is 13.2 Å². The van der Waals surface area contributed by atoms with Gasteiger partial charge in [0.1, 0.15) is 29.5 Å². The Bertz CT molecular complexity index is 2040. The van der Waals surface area contributed by atoms with E-state index in [1.807, 2.05) is 26.0 Å². The smallest absolute Gasteiger partial charge is 0.427 e. The van der Waals surface area contributed by atoms with Crippen LogP contribution in [0.5, 0.6) is 11.6 Å². The highest BCUT2D eigenvalue weighted by Crippen LogP contribution is 2.46. The van der Waals surface area contributed by atoms with Gasteiger partial charge < -0.3 is 29.7 Å². The van der Waals surface area contributed by atoms with Crippen LogP contribution in [0.25, 0.3) is 10.8 Å². The summed E-state index contributed by atoms with van der Waals surface area (Å²) in [5.74, 6) is -2.76. The van der Waals surface area contributed by atoms with Crippen LogP contribution in [0.4, 0.5) is 18.0 Å². The van der Waals surface area contributed by atoms with E-state index in [-0.39, 0.29) is 31.2 Å². The van der Waals surface area contributed by atoms with Crippen molar-refractivity contribution in [3.63, 3.8) is 0 Å². The fourth-order valence-corrected chi connectivity index (χ4v) is 9.00.